The number of hydrogen-bond donors (Lipinski definition) is 4. The van der Waals surface area contributed by atoms with Crippen LogP contribution in [0.3, 0.4) is 0 Å². The van der Waals surface area contributed by atoms with Crippen LogP contribution in [0.25, 0.3) is 43.9 Å². The molecule has 2 aliphatic carbocycles. The standard InChI is InChI=1S/C22H22N4O.C22H22N4/c1-27-16-12-10-15(11-13-16)23-22-20-19(17-8-4-5-9-18(17)24-22)25-21(26-20)14-6-2-3-7-14;1-14-10-12-16(13-11-14)23-22-20-19(17-8-4-5-9-18(17)24-22)25-21(26-20)15-6-2-3-7-15/h4-5,8-14H,2-3,6-7H2,1H3,(H,23,24)(H,25,26);4-5,8-13,15H,2-3,6-7H2,1H3,(H,23,24)(H,25,26). The molecule has 266 valence electrons. The molecule has 8 aromatic rings. The Balaban J connectivity index is 0.000000141. The van der Waals surface area contributed by atoms with Crippen LogP contribution < -0.4 is 15.4 Å². The van der Waals surface area contributed by atoms with Gasteiger partial charge in [0.2, 0.25) is 0 Å². The lowest BCUT2D eigenvalue weighted by Gasteiger charge is -2.09. The van der Waals surface area contributed by atoms with E-state index in [1.807, 2.05) is 48.5 Å². The van der Waals surface area contributed by atoms with Gasteiger partial charge in [0.1, 0.15) is 39.5 Å². The first kappa shape index (κ1) is 32.9. The number of fused-ring (bicyclic) bond motifs is 6. The minimum atomic E-state index is 0.532. The monoisotopic (exact) mass is 700 g/mol. The molecule has 10 rings (SSSR count). The van der Waals surface area contributed by atoms with Crippen LogP contribution in [0, 0.1) is 6.92 Å². The predicted molar refractivity (Wildman–Crippen MR) is 216 cm³/mol. The average molecular weight is 701 g/mol. The lowest BCUT2D eigenvalue weighted by molar-refractivity contribution is 0.415. The first-order valence-corrected chi connectivity index (χ1v) is 18.9. The molecule has 2 fully saturated rings. The zero-order chi connectivity index (χ0) is 35.7. The Morgan fingerprint density at radius 1 is 0.547 bits per heavy atom. The fourth-order valence-corrected chi connectivity index (χ4v) is 7.96. The smallest absolute Gasteiger partial charge is 0.157 e. The number of benzene rings is 4. The third-order valence-corrected chi connectivity index (χ3v) is 10.9. The molecule has 0 spiro atoms. The number of aromatic nitrogens is 6. The van der Waals surface area contributed by atoms with E-state index in [1.165, 1.54) is 56.9 Å². The Labute approximate surface area is 308 Å². The van der Waals surface area contributed by atoms with E-state index in [0.717, 1.165) is 84.3 Å². The molecular formula is C44H44N8O. The summed E-state index contributed by atoms with van der Waals surface area (Å²) < 4.78 is 5.25. The van der Waals surface area contributed by atoms with Gasteiger partial charge in [0.25, 0.3) is 0 Å². The summed E-state index contributed by atoms with van der Waals surface area (Å²) in [6, 6.07) is 32.7. The summed E-state index contributed by atoms with van der Waals surface area (Å²) in [7, 11) is 1.67. The first-order valence-electron chi connectivity index (χ1n) is 18.9. The molecule has 9 nitrogen and oxygen atoms in total. The van der Waals surface area contributed by atoms with Gasteiger partial charge < -0.3 is 25.3 Å². The average Bonchev–Trinajstić information content (AvgIpc) is 4.03. The Morgan fingerprint density at radius 3 is 1.43 bits per heavy atom. The van der Waals surface area contributed by atoms with Crippen LogP contribution in [0.5, 0.6) is 5.75 Å². The zero-order valence-corrected chi connectivity index (χ0v) is 30.2. The SMILES string of the molecule is COc1ccc(Nc2nc3ccccc3c3nc(C4CCCC4)[nH]c23)cc1.Cc1ccc(Nc2nc3ccccc3c3nc(C4CCCC4)[nH]c23)cc1. The third-order valence-electron chi connectivity index (χ3n) is 10.9. The summed E-state index contributed by atoms with van der Waals surface area (Å²) in [5, 5.41) is 9.14. The quantitative estimate of drug-likeness (QED) is 0.131. The van der Waals surface area contributed by atoms with Crippen LogP contribution in [0.15, 0.2) is 97.1 Å². The van der Waals surface area contributed by atoms with Crippen LogP contribution in [0.2, 0.25) is 0 Å². The van der Waals surface area contributed by atoms with E-state index in [9.17, 15) is 0 Å². The fourth-order valence-electron chi connectivity index (χ4n) is 7.96. The molecule has 0 unspecified atom stereocenters. The number of nitrogens with one attached hydrogen (secondary N) is 4. The largest absolute Gasteiger partial charge is 0.497 e. The van der Waals surface area contributed by atoms with Gasteiger partial charge >= 0.3 is 0 Å². The topological polar surface area (TPSA) is 116 Å². The second-order valence-electron chi connectivity index (χ2n) is 14.5. The Bertz CT molecular complexity index is 2520. The number of para-hydroxylation sites is 2. The van der Waals surface area contributed by atoms with Crippen molar-refractivity contribution in [3.63, 3.8) is 0 Å². The molecule has 9 heteroatoms. The summed E-state index contributed by atoms with van der Waals surface area (Å²) in [6.07, 6.45) is 10.1. The van der Waals surface area contributed by atoms with E-state index in [2.05, 4.69) is 76.1 Å². The summed E-state index contributed by atoms with van der Waals surface area (Å²) in [5.41, 5.74) is 9.18. The number of aromatic amines is 2. The molecule has 0 bridgehead atoms. The van der Waals surface area contributed by atoms with Crippen LogP contribution in [-0.4, -0.2) is 37.0 Å². The van der Waals surface area contributed by atoms with Crippen molar-refractivity contribution >= 4 is 66.9 Å². The number of imidazole rings is 2. The van der Waals surface area contributed by atoms with Gasteiger partial charge in [0.15, 0.2) is 11.6 Å². The van der Waals surface area contributed by atoms with Crippen LogP contribution >= 0.6 is 0 Å². The molecule has 0 aliphatic heterocycles. The van der Waals surface area contributed by atoms with Crippen molar-refractivity contribution in [1.29, 1.82) is 0 Å². The molecule has 0 saturated heterocycles. The van der Waals surface area contributed by atoms with Crippen LogP contribution in [0.4, 0.5) is 23.0 Å². The van der Waals surface area contributed by atoms with Crippen molar-refractivity contribution in [1.82, 2.24) is 29.9 Å². The number of anilines is 4. The molecule has 4 heterocycles. The zero-order valence-electron chi connectivity index (χ0n) is 30.2. The highest BCUT2D eigenvalue weighted by atomic mass is 16.5. The van der Waals surface area contributed by atoms with Gasteiger partial charge in [-0.3, -0.25) is 0 Å². The van der Waals surface area contributed by atoms with Crippen LogP contribution in [-0.2, 0) is 0 Å². The molecule has 0 amide bonds. The number of hydrogen-bond acceptors (Lipinski definition) is 7. The summed E-state index contributed by atoms with van der Waals surface area (Å²) in [5.74, 6) is 5.78. The fraction of sp³-hybridized carbons (Fsp3) is 0.273. The van der Waals surface area contributed by atoms with Gasteiger partial charge in [0, 0.05) is 34.0 Å². The number of nitrogens with zero attached hydrogens (tertiary/aromatic N) is 4. The normalized spacial score (nSPS) is 15.0. The molecule has 4 N–H and O–H groups in total. The van der Waals surface area contributed by atoms with Gasteiger partial charge in [-0.25, -0.2) is 19.9 Å². The molecule has 53 heavy (non-hydrogen) atoms. The van der Waals surface area contributed by atoms with Crippen molar-refractivity contribution in [2.75, 3.05) is 17.7 Å². The van der Waals surface area contributed by atoms with Crippen molar-refractivity contribution in [3.05, 3.63) is 114 Å². The van der Waals surface area contributed by atoms with Gasteiger partial charge in [-0.15, -0.1) is 0 Å². The molecule has 0 radical (unpaired) electrons. The summed E-state index contributed by atoms with van der Waals surface area (Å²) >= 11 is 0. The molecule has 2 aliphatic rings. The number of H-pyrrole nitrogens is 2. The maximum Gasteiger partial charge on any atom is 0.157 e. The molecule has 0 atom stereocenters. The van der Waals surface area contributed by atoms with E-state index in [1.54, 1.807) is 7.11 Å². The van der Waals surface area contributed by atoms with Crippen LogP contribution in [0.1, 0.15) is 80.4 Å². The Kier molecular flexibility index (Phi) is 8.83. The first-order chi connectivity index (χ1) is 26.1. The second-order valence-corrected chi connectivity index (χ2v) is 14.5. The van der Waals surface area contributed by atoms with Crippen molar-refractivity contribution in [2.45, 2.75) is 70.1 Å². The number of aryl methyl sites for hydroxylation is 1. The number of pyridine rings is 2. The molecule has 4 aromatic carbocycles. The molecular weight excluding hydrogens is 657 g/mol. The maximum absolute atomic E-state index is 5.25. The highest BCUT2D eigenvalue weighted by Crippen LogP contribution is 2.38. The lowest BCUT2D eigenvalue weighted by Crippen LogP contribution is -1.96. The number of rotatable bonds is 7. The van der Waals surface area contributed by atoms with Crippen molar-refractivity contribution < 1.29 is 4.74 Å². The summed E-state index contributed by atoms with van der Waals surface area (Å²) in [6.45, 7) is 2.10. The van der Waals surface area contributed by atoms with E-state index < -0.39 is 0 Å². The highest BCUT2D eigenvalue weighted by molar-refractivity contribution is 6.08. The summed E-state index contributed by atoms with van der Waals surface area (Å²) in [4.78, 5) is 26.9. The van der Waals surface area contributed by atoms with Gasteiger partial charge in [0.05, 0.1) is 18.1 Å². The van der Waals surface area contributed by atoms with Gasteiger partial charge in [-0.2, -0.15) is 0 Å². The van der Waals surface area contributed by atoms with E-state index in [4.69, 9.17) is 24.7 Å². The van der Waals surface area contributed by atoms with Crippen molar-refractivity contribution in [2.24, 2.45) is 0 Å². The van der Waals surface area contributed by atoms with Gasteiger partial charge in [-0.1, -0.05) is 79.8 Å². The Morgan fingerprint density at radius 2 is 0.981 bits per heavy atom. The lowest BCUT2D eigenvalue weighted by atomic mass is 10.1. The van der Waals surface area contributed by atoms with E-state index in [-0.39, 0.29) is 0 Å². The molecule has 2 saturated carbocycles. The predicted octanol–water partition coefficient (Wildman–Crippen LogP) is 11.3. The van der Waals surface area contributed by atoms with Crippen molar-refractivity contribution in [3.8, 4) is 5.75 Å². The van der Waals surface area contributed by atoms with E-state index >= 15 is 0 Å². The number of methoxy groups -OCH3 is 1. The minimum Gasteiger partial charge on any atom is -0.497 e. The second kappa shape index (κ2) is 14.2. The number of ether oxygens (including phenoxy) is 1. The minimum absolute atomic E-state index is 0.532. The Hall–Kier alpha value is -5.96. The van der Waals surface area contributed by atoms with Gasteiger partial charge in [-0.05, 0) is 81.1 Å². The molecule has 4 aromatic heterocycles. The third kappa shape index (κ3) is 6.63. The van der Waals surface area contributed by atoms with E-state index in [0.29, 0.717) is 11.8 Å². The maximum atomic E-state index is 5.25. The highest BCUT2D eigenvalue weighted by Gasteiger charge is 2.24.